The van der Waals surface area contributed by atoms with E-state index in [0.29, 0.717) is 25.0 Å². The van der Waals surface area contributed by atoms with Gasteiger partial charge in [0, 0.05) is 0 Å². The van der Waals surface area contributed by atoms with Gasteiger partial charge in [0.2, 0.25) is 5.91 Å². The van der Waals surface area contributed by atoms with Crippen LogP contribution in [-0.2, 0) is 9.53 Å². The van der Waals surface area contributed by atoms with E-state index in [2.05, 4.69) is 24.4 Å². The molecule has 1 saturated carbocycles. The van der Waals surface area contributed by atoms with Gasteiger partial charge in [-0.2, -0.15) is 0 Å². The number of benzene rings is 2. The molecule has 4 heteroatoms. The number of hydrogen-bond acceptors (Lipinski definition) is 3. The van der Waals surface area contributed by atoms with Gasteiger partial charge in [-0.3, -0.25) is 4.79 Å². The summed E-state index contributed by atoms with van der Waals surface area (Å²) in [7, 11) is 0. The topological polar surface area (TPSA) is 47.6 Å². The maximum atomic E-state index is 12.2. The third-order valence-electron chi connectivity index (χ3n) is 4.55. The second-order valence-electron chi connectivity index (χ2n) is 6.55. The Morgan fingerprint density at radius 1 is 1.08 bits per heavy atom. The SMILES string of the molecule is CC1CC1C(NC(=O)COCCOc1ccccc1)c1ccccc1. The van der Waals surface area contributed by atoms with Crippen LogP contribution in [0.1, 0.15) is 24.9 Å². The minimum Gasteiger partial charge on any atom is -0.491 e. The molecule has 132 valence electrons. The number of carbonyl (C=O) groups is 1. The van der Waals surface area contributed by atoms with Gasteiger partial charge >= 0.3 is 0 Å². The Labute approximate surface area is 149 Å². The highest BCUT2D eigenvalue weighted by molar-refractivity contribution is 5.77. The maximum Gasteiger partial charge on any atom is 0.246 e. The molecule has 0 aromatic heterocycles. The van der Waals surface area contributed by atoms with Crippen molar-refractivity contribution in [1.29, 1.82) is 0 Å². The summed E-state index contributed by atoms with van der Waals surface area (Å²) in [6, 6.07) is 19.8. The number of nitrogens with one attached hydrogen (secondary N) is 1. The van der Waals surface area contributed by atoms with Crippen LogP contribution < -0.4 is 10.1 Å². The summed E-state index contributed by atoms with van der Waals surface area (Å²) in [6.45, 7) is 3.10. The van der Waals surface area contributed by atoms with E-state index in [0.717, 1.165) is 17.7 Å². The van der Waals surface area contributed by atoms with Gasteiger partial charge in [0.25, 0.3) is 0 Å². The van der Waals surface area contributed by atoms with Gasteiger partial charge < -0.3 is 14.8 Å². The fraction of sp³-hybridized carbons (Fsp3) is 0.381. The molecule has 0 spiro atoms. The summed E-state index contributed by atoms with van der Waals surface area (Å²) < 4.78 is 11.0. The molecule has 0 radical (unpaired) electrons. The van der Waals surface area contributed by atoms with Gasteiger partial charge in [-0.15, -0.1) is 0 Å². The van der Waals surface area contributed by atoms with E-state index in [4.69, 9.17) is 9.47 Å². The highest BCUT2D eigenvalue weighted by atomic mass is 16.5. The summed E-state index contributed by atoms with van der Waals surface area (Å²) in [6.07, 6.45) is 1.16. The van der Waals surface area contributed by atoms with Crippen molar-refractivity contribution in [2.45, 2.75) is 19.4 Å². The lowest BCUT2D eigenvalue weighted by Crippen LogP contribution is -2.33. The Kier molecular flexibility index (Phi) is 6.07. The molecule has 0 heterocycles. The van der Waals surface area contributed by atoms with Gasteiger partial charge in [-0.25, -0.2) is 0 Å². The Bertz CT molecular complexity index is 659. The molecule has 1 N–H and O–H groups in total. The Morgan fingerprint density at radius 2 is 1.72 bits per heavy atom. The van der Waals surface area contributed by atoms with Crippen LogP contribution in [0.3, 0.4) is 0 Å². The van der Waals surface area contributed by atoms with Crippen molar-refractivity contribution in [1.82, 2.24) is 5.32 Å². The van der Waals surface area contributed by atoms with E-state index >= 15 is 0 Å². The van der Waals surface area contributed by atoms with Gasteiger partial charge in [0.05, 0.1) is 12.6 Å². The van der Waals surface area contributed by atoms with Crippen LogP contribution in [0.2, 0.25) is 0 Å². The molecule has 1 fully saturated rings. The van der Waals surface area contributed by atoms with Gasteiger partial charge in [-0.1, -0.05) is 55.5 Å². The van der Waals surface area contributed by atoms with Crippen LogP contribution in [0.4, 0.5) is 0 Å². The van der Waals surface area contributed by atoms with Gasteiger partial charge in [0.1, 0.15) is 19.0 Å². The standard InChI is InChI=1S/C21H25NO3/c1-16-14-19(16)21(17-8-4-2-5-9-17)22-20(23)15-24-12-13-25-18-10-6-3-7-11-18/h2-11,16,19,21H,12-15H2,1H3,(H,22,23). The average Bonchev–Trinajstić information content (AvgIpc) is 3.37. The minimum atomic E-state index is -0.0762. The third kappa shape index (κ3) is 5.33. The van der Waals surface area contributed by atoms with E-state index in [-0.39, 0.29) is 18.6 Å². The molecule has 3 rings (SSSR count). The smallest absolute Gasteiger partial charge is 0.246 e. The quantitative estimate of drug-likeness (QED) is 0.710. The van der Waals surface area contributed by atoms with Crippen LogP contribution in [0.15, 0.2) is 60.7 Å². The Balaban J connectivity index is 1.40. The number of rotatable bonds is 9. The molecule has 2 aromatic rings. The third-order valence-corrected chi connectivity index (χ3v) is 4.55. The molecule has 1 aliphatic rings. The lowest BCUT2D eigenvalue weighted by molar-refractivity contribution is -0.126. The predicted octanol–water partition coefficient (Wildman–Crippen LogP) is 3.60. The average molecular weight is 339 g/mol. The molecule has 0 saturated heterocycles. The molecular weight excluding hydrogens is 314 g/mol. The summed E-state index contributed by atoms with van der Waals surface area (Å²) >= 11 is 0. The first kappa shape index (κ1) is 17.5. The fourth-order valence-electron chi connectivity index (χ4n) is 3.03. The van der Waals surface area contributed by atoms with Crippen LogP contribution in [-0.4, -0.2) is 25.7 Å². The van der Waals surface area contributed by atoms with Crippen molar-refractivity contribution in [3.63, 3.8) is 0 Å². The number of carbonyl (C=O) groups excluding carboxylic acids is 1. The van der Waals surface area contributed by atoms with Crippen molar-refractivity contribution >= 4 is 5.91 Å². The second-order valence-corrected chi connectivity index (χ2v) is 6.55. The number of amides is 1. The van der Waals surface area contributed by atoms with Crippen molar-refractivity contribution < 1.29 is 14.3 Å². The monoisotopic (exact) mass is 339 g/mol. The zero-order valence-corrected chi connectivity index (χ0v) is 14.6. The van der Waals surface area contributed by atoms with E-state index in [9.17, 15) is 4.79 Å². The molecule has 1 amide bonds. The maximum absolute atomic E-state index is 12.2. The van der Waals surface area contributed by atoms with E-state index in [1.54, 1.807) is 0 Å². The minimum absolute atomic E-state index is 0.0581. The fourth-order valence-corrected chi connectivity index (χ4v) is 3.03. The first-order chi connectivity index (χ1) is 12.2. The number of para-hydroxylation sites is 1. The summed E-state index contributed by atoms with van der Waals surface area (Å²) in [5.41, 5.74) is 1.16. The van der Waals surface area contributed by atoms with Crippen LogP contribution >= 0.6 is 0 Å². The Hall–Kier alpha value is -2.33. The predicted molar refractivity (Wildman–Crippen MR) is 97.4 cm³/mol. The molecule has 4 nitrogen and oxygen atoms in total. The van der Waals surface area contributed by atoms with Crippen molar-refractivity contribution in [2.24, 2.45) is 11.8 Å². The lowest BCUT2D eigenvalue weighted by Gasteiger charge is -2.19. The summed E-state index contributed by atoms with van der Waals surface area (Å²) in [5.74, 6) is 1.91. The molecule has 0 bridgehead atoms. The highest BCUT2D eigenvalue weighted by Gasteiger charge is 2.40. The normalized spacial score (nSPS) is 19.9. The van der Waals surface area contributed by atoms with Crippen molar-refractivity contribution in [3.8, 4) is 5.75 Å². The molecule has 3 atom stereocenters. The Morgan fingerprint density at radius 3 is 2.36 bits per heavy atom. The largest absolute Gasteiger partial charge is 0.491 e. The number of hydrogen-bond donors (Lipinski definition) is 1. The first-order valence-electron chi connectivity index (χ1n) is 8.84. The zero-order valence-electron chi connectivity index (χ0n) is 14.6. The van der Waals surface area contributed by atoms with Crippen molar-refractivity contribution in [3.05, 3.63) is 66.2 Å². The lowest BCUT2D eigenvalue weighted by atomic mass is 10.0. The number of ether oxygens (including phenoxy) is 2. The summed E-state index contributed by atoms with van der Waals surface area (Å²) in [5, 5.41) is 3.13. The van der Waals surface area contributed by atoms with Crippen LogP contribution in [0.25, 0.3) is 0 Å². The molecule has 25 heavy (non-hydrogen) atoms. The van der Waals surface area contributed by atoms with Gasteiger partial charge in [0.15, 0.2) is 0 Å². The highest BCUT2D eigenvalue weighted by Crippen LogP contribution is 2.46. The molecule has 1 aliphatic carbocycles. The molecular formula is C21H25NO3. The molecule has 2 aromatic carbocycles. The van der Waals surface area contributed by atoms with E-state index in [1.165, 1.54) is 0 Å². The summed E-state index contributed by atoms with van der Waals surface area (Å²) in [4.78, 5) is 12.2. The molecule has 0 aliphatic heterocycles. The van der Waals surface area contributed by atoms with Crippen LogP contribution in [0.5, 0.6) is 5.75 Å². The second kappa shape index (κ2) is 8.67. The van der Waals surface area contributed by atoms with Crippen molar-refractivity contribution in [2.75, 3.05) is 19.8 Å². The van der Waals surface area contributed by atoms with Crippen LogP contribution in [0, 0.1) is 11.8 Å². The van der Waals surface area contributed by atoms with Gasteiger partial charge in [-0.05, 0) is 36.0 Å². The zero-order chi connectivity index (χ0) is 17.5. The van der Waals surface area contributed by atoms with E-state index in [1.807, 2.05) is 48.5 Å². The molecule has 3 unspecified atom stereocenters. The van der Waals surface area contributed by atoms with E-state index < -0.39 is 0 Å². The first-order valence-corrected chi connectivity index (χ1v) is 8.84.